The fourth-order valence-electron chi connectivity index (χ4n) is 8.97. The van der Waals surface area contributed by atoms with Crippen molar-refractivity contribution in [3.05, 3.63) is 179 Å². The summed E-state index contributed by atoms with van der Waals surface area (Å²) in [6.07, 6.45) is 4.19. The zero-order chi connectivity index (χ0) is 47.2. The first-order chi connectivity index (χ1) is 31.4. The van der Waals surface area contributed by atoms with Crippen LogP contribution in [0.3, 0.4) is 0 Å². The smallest absolute Gasteiger partial charge is 0.0887 e. The molecule has 4 heteroatoms. The maximum Gasteiger partial charge on any atom is 0.0887 e. The summed E-state index contributed by atoms with van der Waals surface area (Å²) < 4.78 is 2.61. The lowest BCUT2D eigenvalue weighted by Gasteiger charge is -2.34. The molecule has 66 heavy (non-hydrogen) atoms. The fraction of sp³-hybridized carbons (Fsp3) is 0.323. The van der Waals surface area contributed by atoms with Crippen LogP contribution in [-0.2, 0) is 21.7 Å². The number of nitrogens with zero attached hydrogens (tertiary/aromatic N) is 2. The molecule has 0 aliphatic heterocycles. The highest BCUT2D eigenvalue weighted by molar-refractivity contribution is 7.25. The molecule has 1 heterocycles. The van der Waals surface area contributed by atoms with Gasteiger partial charge in [-0.05, 0) is 154 Å². The van der Waals surface area contributed by atoms with Gasteiger partial charge in [0.2, 0.25) is 0 Å². The van der Waals surface area contributed by atoms with Crippen LogP contribution in [0.5, 0.6) is 0 Å². The lowest BCUT2D eigenvalue weighted by atomic mass is 9.80. The normalized spacial score (nSPS) is 12.6. The summed E-state index contributed by atoms with van der Waals surface area (Å²) in [5, 5.41) is 3.26. The van der Waals surface area contributed by atoms with Crippen LogP contribution in [0.25, 0.3) is 31.3 Å². The van der Waals surface area contributed by atoms with Gasteiger partial charge in [-0.15, -0.1) is 11.3 Å². The molecule has 0 saturated carbocycles. The van der Waals surface area contributed by atoms with Crippen molar-refractivity contribution in [1.82, 2.24) is 0 Å². The number of anilines is 6. The number of hydrogen-bond acceptors (Lipinski definition) is 3. The van der Waals surface area contributed by atoms with E-state index in [0.717, 1.165) is 59.8 Å². The number of rotatable bonds is 15. The predicted octanol–water partition coefficient (Wildman–Crippen LogP) is 20.1. The lowest BCUT2D eigenvalue weighted by molar-refractivity contribution is 0.506. The van der Waals surface area contributed by atoms with E-state index in [1.165, 1.54) is 53.6 Å². The molecule has 0 atom stereocenters. The summed E-state index contributed by atoms with van der Waals surface area (Å²) in [6.45, 7) is 27.7. The second-order valence-corrected chi connectivity index (χ2v) is 22.4. The molecular formula is C62H69ClN2S. The highest BCUT2D eigenvalue weighted by Gasteiger charge is 2.28. The van der Waals surface area contributed by atoms with Crippen LogP contribution in [0.4, 0.5) is 34.1 Å². The largest absolute Gasteiger partial charge is 0.309 e. The van der Waals surface area contributed by atoms with Crippen LogP contribution < -0.4 is 9.80 Å². The van der Waals surface area contributed by atoms with Crippen LogP contribution in [0.15, 0.2) is 152 Å². The van der Waals surface area contributed by atoms with Gasteiger partial charge in [0, 0.05) is 42.8 Å². The summed E-state index contributed by atoms with van der Waals surface area (Å²) in [5.41, 5.74) is 13.9. The Kier molecular flexibility index (Phi) is 13.1. The first-order valence-corrected chi connectivity index (χ1v) is 25.4. The molecule has 340 valence electrons. The molecule has 8 rings (SSSR count). The van der Waals surface area contributed by atoms with Crippen molar-refractivity contribution in [3.63, 3.8) is 0 Å². The van der Waals surface area contributed by atoms with Crippen molar-refractivity contribution in [2.24, 2.45) is 0 Å². The number of benzene rings is 7. The molecule has 2 nitrogen and oxygen atoms in total. The fourth-order valence-corrected chi connectivity index (χ4v) is 10.3. The Bertz CT molecular complexity index is 2910. The molecule has 8 aromatic rings. The van der Waals surface area contributed by atoms with Crippen molar-refractivity contribution in [2.45, 2.75) is 130 Å². The highest BCUT2D eigenvalue weighted by Crippen LogP contribution is 2.50. The number of hydrogen-bond donors (Lipinski definition) is 0. The van der Waals surface area contributed by atoms with Crippen LogP contribution >= 0.6 is 22.9 Å². The lowest BCUT2D eigenvalue weighted by Crippen LogP contribution is -2.19. The average Bonchev–Trinajstić information content (AvgIpc) is 3.71. The minimum atomic E-state index is -0.0213. The third-order valence-electron chi connectivity index (χ3n) is 15.4. The summed E-state index contributed by atoms with van der Waals surface area (Å²) in [4.78, 5) is 4.74. The van der Waals surface area contributed by atoms with Crippen LogP contribution in [0, 0.1) is 0 Å². The number of halogens is 1. The van der Waals surface area contributed by atoms with Crippen molar-refractivity contribution in [3.8, 4) is 11.1 Å². The van der Waals surface area contributed by atoms with E-state index in [1.807, 2.05) is 11.3 Å². The molecule has 0 amide bonds. The maximum atomic E-state index is 8.05. The van der Waals surface area contributed by atoms with Gasteiger partial charge in [0.15, 0.2) is 0 Å². The van der Waals surface area contributed by atoms with Gasteiger partial charge in [0.05, 0.1) is 22.1 Å². The second kappa shape index (κ2) is 18.4. The molecule has 1 aromatic heterocycles. The zero-order valence-corrected chi connectivity index (χ0v) is 43.0. The van der Waals surface area contributed by atoms with E-state index in [4.69, 9.17) is 11.6 Å². The molecule has 0 saturated heterocycles. The summed E-state index contributed by atoms with van der Waals surface area (Å²) in [7, 11) is 0. The molecule has 0 unspecified atom stereocenters. The Morgan fingerprint density at radius 1 is 0.394 bits per heavy atom. The Morgan fingerprint density at radius 2 is 0.818 bits per heavy atom. The molecule has 0 aliphatic rings. The molecule has 0 radical (unpaired) electrons. The summed E-state index contributed by atoms with van der Waals surface area (Å²) >= 11 is 9.91. The van der Waals surface area contributed by atoms with Crippen molar-refractivity contribution in [1.29, 1.82) is 0 Å². The highest BCUT2D eigenvalue weighted by atomic mass is 35.5. The third kappa shape index (κ3) is 8.94. The standard InChI is InChI=1S/C62H69ClN2S/c1-13-59(5,6)43-25-32-47(33-26-43)64(48-34-27-44(28-35-48)60(7,8)14-2)54-21-19-22-55(58(54)63)65(49-36-29-45(30-37-49)61(9,10)15-3)53-38-31-46(62(11,12)16-4)41-51(53)42-24-39-57-52(40-42)50-20-17-18-23-56(50)66-57/h17-41H,13-16H2,1-12H3. The van der Waals surface area contributed by atoms with Gasteiger partial charge in [0.25, 0.3) is 0 Å². The second-order valence-electron chi connectivity index (χ2n) is 20.9. The van der Waals surface area contributed by atoms with Gasteiger partial charge in [-0.1, -0.05) is 167 Å². The molecule has 0 spiro atoms. The van der Waals surface area contributed by atoms with E-state index >= 15 is 0 Å². The van der Waals surface area contributed by atoms with E-state index in [-0.39, 0.29) is 21.7 Å². The van der Waals surface area contributed by atoms with Gasteiger partial charge in [0.1, 0.15) is 0 Å². The number of fused-ring (bicyclic) bond motifs is 3. The first kappa shape index (κ1) is 47.2. The van der Waals surface area contributed by atoms with Gasteiger partial charge in [-0.3, -0.25) is 0 Å². The topological polar surface area (TPSA) is 6.48 Å². The van der Waals surface area contributed by atoms with Gasteiger partial charge in [-0.25, -0.2) is 0 Å². The maximum absolute atomic E-state index is 8.05. The predicted molar refractivity (Wildman–Crippen MR) is 292 cm³/mol. The summed E-state index contributed by atoms with van der Waals surface area (Å²) in [6, 6.07) is 56.9. The Labute approximate surface area is 405 Å². The molecule has 0 bridgehead atoms. The molecule has 0 aliphatic carbocycles. The Balaban J connectivity index is 1.38. The number of thiophene rings is 1. The molecule has 0 fully saturated rings. The zero-order valence-electron chi connectivity index (χ0n) is 41.4. The third-order valence-corrected chi connectivity index (χ3v) is 16.9. The van der Waals surface area contributed by atoms with Crippen LogP contribution in [0.1, 0.15) is 131 Å². The quantitative estimate of drug-likeness (QED) is 0.101. The van der Waals surface area contributed by atoms with Crippen molar-refractivity contribution >= 4 is 77.2 Å². The van der Waals surface area contributed by atoms with E-state index in [2.05, 4.69) is 245 Å². The van der Waals surface area contributed by atoms with Crippen molar-refractivity contribution in [2.75, 3.05) is 9.80 Å². The van der Waals surface area contributed by atoms with Gasteiger partial charge >= 0.3 is 0 Å². The Morgan fingerprint density at radius 3 is 1.32 bits per heavy atom. The van der Waals surface area contributed by atoms with Crippen LogP contribution in [-0.4, -0.2) is 0 Å². The van der Waals surface area contributed by atoms with E-state index in [9.17, 15) is 0 Å². The molecule has 7 aromatic carbocycles. The first-order valence-electron chi connectivity index (χ1n) is 24.2. The minimum absolute atomic E-state index is 0.0213. The van der Waals surface area contributed by atoms with E-state index in [1.54, 1.807) is 0 Å². The minimum Gasteiger partial charge on any atom is -0.309 e. The molecule has 0 N–H and O–H groups in total. The average molecular weight is 910 g/mol. The monoisotopic (exact) mass is 908 g/mol. The molecular weight excluding hydrogens is 840 g/mol. The van der Waals surface area contributed by atoms with Gasteiger partial charge < -0.3 is 9.80 Å². The Hall–Kier alpha value is -5.35. The van der Waals surface area contributed by atoms with E-state index < -0.39 is 0 Å². The SMILES string of the molecule is CCC(C)(C)c1ccc(N(c2ccc(C(C)(C)CC)cc2)c2cccc(N(c3ccc(C(C)(C)CC)cc3)c3ccc(C(C)(C)CC)cc3-c3ccc4sc5ccccc5c4c3)c2Cl)cc1. The van der Waals surface area contributed by atoms with Gasteiger partial charge in [-0.2, -0.15) is 0 Å². The van der Waals surface area contributed by atoms with Crippen LogP contribution in [0.2, 0.25) is 5.02 Å². The summed E-state index contributed by atoms with van der Waals surface area (Å²) in [5.74, 6) is 0. The van der Waals surface area contributed by atoms with Crippen molar-refractivity contribution < 1.29 is 0 Å². The van der Waals surface area contributed by atoms with E-state index in [0.29, 0.717) is 5.02 Å².